The maximum atomic E-state index is 10.4. The van der Waals surface area contributed by atoms with Crippen LogP contribution in [0.2, 0.25) is 0 Å². The van der Waals surface area contributed by atoms with E-state index in [0.717, 1.165) is 0 Å². The zero-order valence-corrected chi connectivity index (χ0v) is 7.24. The quantitative estimate of drug-likeness (QED) is 0.512. The molecule has 0 aliphatic rings. The van der Waals surface area contributed by atoms with Crippen LogP contribution in [0.1, 0.15) is 5.01 Å². The van der Waals surface area contributed by atoms with Gasteiger partial charge in [0.1, 0.15) is 16.5 Å². The van der Waals surface area contributed by atoms with Crippen molar-refractivity contribution in [2.45, 2.75) is 0 Å². The highest BCUT2D eigenvalue weighted by atomic mass is 32.1. The zero-order chi connectivity index (χ0) is 9.42. The molecular weight excluding hydrogens is 190 g/mol. The number of rotatable bonds is 1. The number of nitro groups is 1. The Morgan fingerprint density at radius 2 is 2.38 bits per heavy atom. The monoisotopic (exact) mass is 194 g/mol. The van der Waals surface area contributed by atoms with Gasteiger partial charge >= 0.3 is 0 Å². The van der Waals surface area contributed by atoms with Crippen molar-refractivity contribution in [2.75, 3.05) is 0 Å². The highest BCUT2D eigenvalue weighted by Gasteiger charge is 2.09. The average Bonchev–Trinajstić information content (AvgIpc) is 2.42. The van der Waals surface area contributed by atoms with Gasteiger partial charge in [0.25, 0.3) is 5.69 Å². The highest BCUT2D eigenvalue weighted by Crippen LogP contribution is 2.22. The van der Waals surface area contributed by atoms with Gasteiger partial charge in [-0.05, 0) is 0 Å². The van der Waals surface area contributed by atoms with Crippen LogP contribution >= 0.6 is 11.3 Å². The third kappa shape index (κ3) is 1.35. The topological polar surface area (TPSA) is 68.9 Å². The average molecular weight is 194 g/mol. The van der Waals surface area contributed by atoms with Crippen LogP contribution in [0, 0.1) is 17.0 Å². The predicted octanol–water partition coefficient (Wildman–Crippen LogP) is 1.78. The third-order valence-corrected chi connectivity index (χ3v) is 2.32. The Labute approximate surface area is 77.2 Å². The lowest BCUT2D eigenvalue weighted by atomic mass is 10.4. The van der Waals surface area contributed by atoms with E-state index in [1.54, 1.807) is 0 Å². The number of nitrogens with zero attached hydrogens (tertiary/aromatic N) is 3. The predicted molar refractivity (Wildman–Crippen MR) is 48.5 cm³/mol. The maximum Gasteiger partial charge on any atom is 0.289 e. The molecule has 0 spiro atoms. The summed E-state index contributed by atoms with van der Waals surface area (Å²) in [6.45, 7) is 3.63. The van der Waals surface area contributed by atoms with Gasteiger partial charge in [-0.1, -0.05) is 11.3 Å². The van der Waals surface area contributed by atoms with Crippen molar-refractivity contribution < 1.29 is 4.92 Å². The minimum Gasteiger partial charge on any atom is -0.258 e. The van der Waals surface area contributed by atoms with Gasteiger partial charge in [-0.3, -0.25) is 10.1 Å². The van der Waals surface area contributed by atoms with Crippen molar-refractivity contribution in [3.63, 3.8) is 0 Å². The Morgan fingerprint density at radius 3 is 3.08 bits per heavy atom. The molecule has 2 aromatic heterocycles. The van der Waals surface area contributed by atoms with Crippen LogP contribution in [0.3, 0.4) is 0 Å². The van der Waals surface area contributed by atoms with Gasteiger partial charge in [-0.15, -0.1) is 0 Å². The number of thiazole rings is 1. The molecule has 0 amide bonds. The van der Waals surface area contributed by atoms with Crippen molar-refractivity contribution in [3.05, 3.63) is 34.3 Å². The fourth-order valence-electron chi connectivity index (χ4n) is 0.957. The van der Waals surface area contributed by atoms with Gasteiger partial charge in [-0.2, -0.15) is 0 Å². The van der Waals surface area contributed by atoms with E-state index in [4.69, 9.17) is 0 Å². The van der Waals surface area contributed by atoms with E-state index in [1.807, 2.05) is 0 Å². The molecule has 5 nitrogen and oxygen atoms in total. The molecule has 0 saturated carbocycles. The van der Waals surface area contributed by atoms with E-state index in [-0.39, 0.29) is 5.69 Å². The summed E-state index contributed by atoms with van der Waals surface area (Å²) in [6, 6.07) is 1.40. The summed E-state index contributed by atoms with van der Waals surface area (Å²) in [5.41, 5.74) is 0.488. The van der Waals surface area contributed by atoms with E-state index >= 15 is 0 Å². The Balaban J connectivity index is 2.67. The molecule has 65 valence electrons. The zero-order valence-electron chi connectivity index (χ0n) is 6.43. The molecule has 2 aromatic rings. The molecule has 13 heavy (non-hydrogen) atoms. The molecule has 1 radical (unpaired) electrons. The number of pyridine rings is 1. The Hall–Kier alpha value is -1.56. The van der Waals surface area contributed by atoms with Crippen LogP contribution in [0.4, 0.5) is 5.69 Å². The van der Waals surface area contributed by atoms with Crippen molar-refractivity contribution in [2.24, 2.45) is 0 Å². The molecule has 0 fully saturated rings. The van der Waals surface area contributed by atoms with Crippen LogP contribution in [0.15, 0.2) is 12.3 Å². The number of fused-ring (bicyclic) bond motifs is 1. The lowest BCUT2D eigenvalue weighted by Gasteiger charge is -1.88. The van der Waals surface area contributed by atoms with E-state index in [0.29, 0.717) is 15.4 Å². The lowest BCUT2D eigenvalue weighted by molar-refractivity contribution is -0.385. The van der Waals surface area contributed by atoms with E-state index in [9.17, 15) is 10.1 Å². The molecule has 0 aromatic carbocycles. The fraction of sp³-hybridized carbons (Fsp3) is 0. The van der Waals surface area contributed by atoms with Gasteiger partial charge in [0.15, 0.2) is 0 Å². The largest absolute Gasteiger partial charge is 0.289 e. The summed E-state index contributed by atoms with van der Waals surface area (Å²) in [5, 5.41) is 11.0. The maximum absolute atomic E-state index is 10.4. The van der Waals surface area contributed by atoms with Gasteiger partial charge in [0.05, 0.1) is 9.93 Å². The Morgan fingerprint density at radius 1 is 1.62 bits per heavy atom. The van der Waals surface area contributed by atoms with Crippen molar-refractivity contribution in [1.29, 1.82) is 0 Å². The summed E-state index contributed by atoms with van der Waals surface area (Å²) in [5.74, 6) is 0. The first-order chi connectivity index (χ1) is 6.16. The lowest BCUT2D eigenvalue weighted by Crippen LogP contribution is -1.88. The molecule has 2 heterocycles. The number of aromatic nitrogens is 2. The number of hydrogen-bond donors (Lipinski definition) is 0. The molecule has 0 bridgehead atoms. The number of hydrogen-bond acceptors (Lipinski definition) is 5. The first kappa shape index (κ1) is 8.06. The summed E-state index contributed by atoms with van der Waals surface area (Å²) < 4.78 is 0. The van der Waals surface area contributed by atoms with E-state index in [2.05, 4.69) is 16.9 Å². The molecule has 2 rings (SSSR count). The van der Waals surface area contributed by atoms with Crippen LogP contribution in [-0.4, -0.2) is 14.9 Å². The molecule has 0 atom stereocenters. The molecular formula is C7H4N3O2S. The SMILES string of the molecule is [CH2]c1nc2cc([N+](=O)[O-])cnc2s1. The second-order valence-electron chi connectivity index (χ2n) is 2.38. The molecule has 0 unspecified atom stereocenters. The van der Waals surface area contributed by atoms with Crippen LogP contribution < -0.4 is 0 Å². The van der Waals surface area contributed by atoms with Gasteiger partial charge in [0.2, 0.25) is 0 Å². The minimum absolute atomic E-state index is 0.0437. The van der Waals surface area contributed by atoms with Crippen molar-refractivity contribution in [1.82, 2.24) is 9.97 Å². The van der Waals surface area contributed by atoms with Crippen LogP contribution in [0.5, 0.6) is 0 Å². The summed E-state index contributed by atoms with van der Waals surface area (Å²) >= 11 is 1.32. The van der Waals surface area contributed by atoms with Crippen LogP contribution in [-0.2, 0) is 0 Å². The minimum atomic E-state index is -0.492. The second kappa shape index (κ2) is 2.74. The van der Waals surface area contributed by atoms with Crippen LogP contribution in [0.25, 0.3) is 10.3 Å². The first-order valence-electron chi connectivity index (χ1n) is 3.40. The highest BCUT2D eigenvalue weighted by molar-refractivity contribution is 7.18. The normalized spacial score (nSPS) is 10.5. The fourth-order valence-corrected chi connectivity index (χ4v) is 1.64. The van der Waals surface area contributed by atoms with Crippen molar-refractivity contribution >= 4 is 27.4 Å². The smallest absolute Gasteiger partial charge is 0.258 e. The Kier molecular flexibility index (Phi) is 1.70. The summed E-state index contributed by atoms with van der Waals surface area (Å²) in [4.78, 5) is 18.5. The molecule has 6 heteroatoms. The van der Waals surface area contributed by atoms with Gasteiger partial charge < -0.3 is 0 Å². The summed E-state index contributed by atoms with van der Waals surface area (Å²) in [6.07, 6.45) is 1.22. The summed E-state index contributed by atoms with van der Waals surface area (Å²) in [7, 11) is 0. The third-order valence-electron chi connectivity index (χ3n) is 1.49. The van der Waals surface area contributed by atoms with E-state index < -0.39 is 4.92 Å². The standard InChI is InChI=1S/C7H4N3O2S/c1-4-9-6-2-5(10(11)12)3-8-7(6)13-4/h2-3H,1H2. The molecule has 0 aliphatic heterocycles. The Bertz CT molecular complexity index is 480. The van der Waals surface area contributed by atoms with Gasteiger partial charge in [0, 0.05) is 13.0 Å². The van der Waals surface area contributed by atoms with Crippen molar-refractivity contribution in [3.8, 4) is 0 Å². The first-order valence-corrected chi connectivity index (χ1v) is 4.21. The van der Waals surface area contributed by atoms with Gasteiger partial charge in [-0.25, -0.2) is 9.97 Å². The second-order valence-corrected chi connectivity index (χ2v) is 3.44. The molecule has 0 N–H and O–H groups in total. The molecule has 0 saturated heterocycles. The van der Waals surface area contributed by atoms with E-state index in [1.165, 1.54) is 23.6 Å². The molecule has 0 aliphatic carbocycles.